The highest BCUT2D eigenvalue weighted by molar-refractivity contribution is 7.51. The Balaban J connectivity index is 1.65. The predicted octanol–water partition coefficient (Wildman–Crippen LogP) is -2.81. The van der Waals surface area contributed by atoms with Crippen LogP contribution in [0.4, 0.5) is 5.82 Å². The third-order valence-corrected chi connectivity index (χ3v) is 5.76. The van der Waals surface area contributed by atoms with Gasteiger partial charge in [0.25, 0.3) is 0 Å². The largest absolute Gasteiger partial charge is 0.550 e. The summed E-state index contributed by atoms with van der Waals surface area (Å²) in [6.07, 6.45) is -2.02. The lowest BCUT2D eigenvalue weighted by atomic mass is 10.1. The normalized spacial score (nSPS) is 24.7. The lowest BCUT2D eigenvalue weighted by Crippen LogP contribution is -2.36. The smallest absolute Gasteiger partial charge is 0.437 e. The average Bonchev–Trinajstić information content (AvgIpc) is 3.36. The minimum absolute atomic E-state index is 0.163. The molecule has 2 aromatic rings. The van der Waals surface area contributed by atoms with Crippen LogP contribution in [0.1, 0.15) is 19.1 Å². The topological polar surface area (TPSA) is 218 Å². The average molecular weight is 472 g/mol. The van der Waals surface area contributed by atoms with Gasteiger partial charge in [-0.3, -0.25) is 13.9 Å². The molecule has 4 N–H and O–H groups in total. The van der Waals surface area contributed by atoms with Gasteiger partial charge in [-0.15, -0.1) is 0 Å². The lowest BCUT2D eigenvalue weighted by molar-refractivity contribution is -0.305. The fraction of sp³-hybridized carbons (Fsp3) is 0.438. The van der Waals surface area contributed by atoms with Crippen molar-refractivity contribution in [2.24, 2.45) is 0 Å². The summed E-state index contributed by atoms with van der Waals surface area (Å²) in [5.41, 5.74) is -0.952. The number of nitrogens with one attached hydrogen (secondary N) is 1. The second-order valence-electron chi connectivity index (χ2n) is 6.70. The number of nitrogens with zero attached hydrogens (tertiary/aromatic N) is 4. The number of anilines is 1. The quantitative estimate of drug-likeness (QED) is 0.272. The van der Waals surface area contributed by atoms with Crippen molar-refractivity contribution in [3.05, 3.63) is 41.5 Å². The number of aromatic nitrogens is 4. The number of carboxylic acids is 1. The molecule has 15 nitrogen and oxygen atoms in total. The SMILES string of the molecule is O=C([O-])CCC(=O)Nc1ccn([C@@H]2O[C@H](COP(=O)(O)n3ccnc3)[C@@H](O)[C@@H]2O)c(=O)n1. The maximum atomic E-state index is 12.3. The second kappa shape index (κ2) is 9.68. The molecule has 0 bridgehead atoms. The van der Waals surface area contributed by atoms with Crippen molar-refractivity contribution in [3.63, 3.8) is 0 Å². The first kappa shape index (κ1) is 23.7. The van der Waals surface area contributed by atoms with Gasteiger partial charge in [-0.05, 0) is 12.5 Å². The van der Waals surface area contributed by atoms with Gasteiger partial charge in [0.15, 0.2) is 6.23 Å². The molecule has 1 saturated heterocycles. The molecule has 0 radical (unpaired) electrons. The number of amides is 1. The number of ether oxygens (including phenoxy) is 1. The second-order valence-corrected chi connectivity index (χ2v) is 8.40. The van der Waals surface area contributed by atoms with Crippen molar-refractivity contribution in [3.8, 4) is 0 Å². The molecule has 1 amide bonds. The molecule has 1 fully saturated rings. The van der Waals surface area contributed by atoms with Crippen LogP contribution in [0.5, 0.6) is 0 Å². The molecule has 0 saturated carbocycles. The predicted molar refractivity (Wildman–Crippen MR) is 101 cm³/mol. The minimum Gasteiger partial charge on any atom is -0.550 e. The number of aliphatic hydroxyl groups excluding tert-OH is 2. The molecule has 2 aromatic heterocycles. The van der Waals surface area contributed by atoms with Crippen molar-refractivity contribution in [2.45, 2.75) is 37.4 Å². The third-order valence-electron chi connectivity index (χ3n) is 4.45. The standard InChI is InChI=1S/C16H20N5O10P/c22-11(1-2-12(23)24)18-10-3-5-21(16(27)19-10)15-14(26)13(25)9(31-15)7-30-32(28,29)20-6-4-17-8-20/h3-6,8-9,13-15,25-26H,1-2,7H2,(H,23,24)(H,28,29)(H,18,19,22,27)/p-1/t9-,13-,14+,15-/m1/s1. The van der Waals surface area contributed by atoms with E-state index in [1.165, 1.54) is 18.5 Å². The van der Waals surface area contributed by atoms with Crippen molar-refractivity contribution < 1.29 is 43.6 Å². The number of carbonyl (C=O) groups is 2. The van der Waals surface area contributed by atoms with Crippen molar-refractivity contribution in [2.75, 3.05) is 11.9 Å². The Kier molecular flexibility index (Phi) is 7.18. The van der Waals surface area contributed by atoms with E-state index < -0.39 is 62.9 Å². The van der Waals surface area contributed by atoms with Crippen LogP contribution in [0.2, 0.25) is 0 Å². The number of hydrogen-bond donors (Lipinski definition) is 4. The van der Waals surface area contributed by atoms with E-state index in [2.05, 4.69) is 15.3 Å². The Bertz CT molecular complexity index is 1070. The molecular formula is C16H19N5O10P-. The molecule has 16 heteroatoms. The summed E-state index contributed by atoms with van der Waals surface area (Å²) >= 11 is 0. The maximum Gasteiger partial charge on any atom is 0.437 e. The van der Waals surface area contributed by atoms with Crippen LogP contribution in [0.15, 0.2) is 35.8 Å². The van der Waals surface area contributed by atoms with Crippen LogP contribution in [0, 0.1) is 0 Å². The van der Waals surface area contributed by atoms with E-state index in [9.17, 15) is 39.2 Å². The van der Waals surface area contributed by atoms with Gasteiger partial charge in [-0.1, -0.05) is 0 Å². The molecule has 0 aromatic carbocycles. The Hall–Kier alpha value is -2.94. The molecule has 0 spiro atoms. The Labute approximate surface area is 179 Å². The number of carboxylic acid groups (broad SMARTS) is 1. The first-order valence-corrected chi connectivity index (χ1v) is 10.7. The van der Waals surface area contributed by atoms with Gasteiger partial charge in [0, 0.05) is 31.0 Å². The van der Waals surface area contributed by atoms with Crippen LogP contribution in [-0.4, -0.2) is 70.8 Å². The van der Waals surface area contributed by atoms with Gasteiger partial charge < -0.3 is 35.1 Å². The Morgan fingerprint density at radius 3 is 2.66 bits per heavy atom. The number of aliphatic carboxylic acids is 1. The van der Waals surface area contributed by atoms with E-state index in [0.29, 0.717) is 0 Å². The summed E-state index contributed by atoms with van der Waals surface area (Å²) < 4.78 is 24.2. The fourth-order valence-electron chi connectivity index (χ4n) is 2.83. The van der Waals surface area contributed by atoms with E-state index >= 15 is 0 Å². The van der Waals surface area contributed by atoms with E-state index in [-0.39, 0.29) is 12.2 Å². The van der Waals surface area contributed by atoms with Gasteiger partial charge in [-0.25, -0.2) is 18.7 Å². The zero-order valence-corrected chi connectivity index (χ0v) is 17.1. The zero-order chi connectivity index (χ0) is 23.5. The van der Waals surface area contributed by atoms with Gasteiger partial charge in [0.2, 0.25) is 5.91 Å². The van der Waals surface area contributed by atoms with Crippen LogP contribution in [0.3, 0.4) is 0 Å². The summed E-state index contributed by atoms with van der Waals surface area (Å²) in [7, 11) is -4.31. The molecule has 3 heterocycles. The van der Waals surface area contributed by atoms with Crippen LogP contribution < -0.4 is 16.1 Å². The van der Waals surface area contributed by atoms with Crippen LogP contribution >= 0.6 is 7.75 Å². The molecule has 1 aliphatic heterocycles. The highest BCUT2D eigenvalue weighted by Gasteiger charge is 2.45. The monoisotopic (exact) mass is 472 g/mol. The molecule has 3 rings (SSSR count). The minimum atomic E-state index is -4.31. The highest BCUT2D eigenvalue weighted by Crippen LogP contribution is 2.44. The summed E-state index contributed by atoms with van der Waals surface area (Å²) in [5, 5.41) is 33.1. The summed E-state index contributed by atoms with van der Waals surface area (Å²) in [5.74, 6) is -2.27. The first-order chi connectivity index (χ1) is 15.1. The van der Waals surface area contributed by atoms with E-state index in [1.807, 2.05) is 0 Å². The Morgan fingerprint density at radius 1 is 1.28 bits per heavy atom. The maximum absolute atomic E-state index is 12.3. The van der Waals surface area contributed by atoms with Gasteiger partial charge in [0.05, 0.1) is 6.61 Å². The lowest BCUT2D eigenvalue weighted by Gasteiger charge is -2.18. The highest BCUT2D eigenvalue weighted by atomic mass is 31.2. The zero-order valence-electron chi connectivity index (χ0n) is 16.3. The van der Waals surface area contributed by atoms with Crippen molar-refractivity contribution in [1.29, 1.82) is 0 Å². The summed E-state index contributed by atoms with van der Waals surface area (Å²) in [6.45, 7) is -0.588. The third kappa shape index (κ3) is 5.45. The molecule has 5 atom stereocenters. The molecular weight excluding hydrogens is 453 g/mol. The van der Waals surface area contributed by atoms with E-state index in [0.717, 1.165) is 21.4 Å². The fourth-order valence-corrected chi connectivity index (χ4v) is 3.73. The van der Waals surface area contributed by atoms with E-state index in [1.54, 1.807) is 0 Å². The summed E-state index contributed by atoms with van der Waals surface area (Å²) in [6, 6.07) is 1.20. The molecule has 32 heavy (non-hydrogen) atoms. The van der Waals surface area contributed by atoms with Gasteiger partial charge >= 0.3 is 13.4 Å². The first-order valence-electron chi connectivity index (χ1n) is 9.15. The molecule has 1 aliphatic rings. The Morgan fingerprint density at radius 2 is 2.03 bits per heavy atom. The van der Waals surface area contributed by atoms with Gasteiger partial charge in [-0.2, -0.15) is 4.98 Å². The number of hydrogen-bond acceptors (Lipinski definition) is 11. The molecule has 0 aliphatic carbocycles. The van der Waals surface area contributed by atoms with Gasteiger partial charge in [0.1, 0.15) is 30.5 Å². The van der Waals surface area contributed by atoms with E-state index in [4.69, 9.17) is 9.26 Å². The number of imidazole rings is 1. The van der Waals surface area contributed by atoms with Crippen LogP contribution in [-0.2, 0) is 23.4 Å². The van der Waals surface area contributed by atoms with Crippen molar-refractivity contribution >= 4 is 25.4 Å². The number of carbonyl (C=O) groups excluding carboxylic acids is 2. The van der Waals surface area contributed by atoms with Crippen molar-refractivity contribution in [1.82, 2.24) is 18.9 Å². The molecule has 174 valence electrons. The summed E-state index contributed by atoms with van der Waals surface area (Å²) in [4.78, 5) is 51.5. The number of rotatable bonds is 9. The number of aliphatic hydroxyl groups is 2. The van der Waals surface area contributed by atoms with Crippen LogP contribution in [0.25, 0.3) is 0 Å². The molecule has 1 unspecified atom stereocenters.